The molecule has 1 radical (unpaired) electrons. The minimum atomic E-state index is -4.09. The van der Waals surface area contributed by atoms with Gasteiger partial charge in [0, 0.05) is 6.54 Å². The van der Waals surface area contributed by atoms with Gasteiger partial charge in [0.1, 0.15) is 6.04 Å². The molecule has 1 rings (SSSR count). The molecule has 1 atom stereocenters. The zero-order valence-corrected chi connectivity index (χ0v) is 4.78. The highest BCUT2D eigenvalue weighted by atomic mass is 19.4. The van der Waals surface area contributed by atoms with Crippen LogP contribution in [-0.4, -0.2) is 18.8 Å². The van der Waals surface area contributed by atoms with Crippen molar-refractivity contribution in [1.29, 1.82) is 0 Å². The zero-order chi connectivity index (χ0) is 6.91. The molecule has 1 aliphatic heterocycles. The summed E-state index contributed by atoms with van der Waals surface area (Å²) in [7, 11) is 0. The Morgan fingerprint density at radius 3 is 2.22 bits per heavy atom. The number of rotatable bonds is 0. The second-order valence-electron chi connectivity index (χ2n) is 2.11. The zero-order valence-electron chi connectivity index (χ0n) is 4.78. The van der Waals surface area contributed by atoms with E-state index in [1.54, 1.807) is 0 Å². The molecule has 0 aliphatic carbocycles. The van der Waals surface area contributed by atoms with Crippen LogP contribution in [0.1, 0.15) is 12.8 Å². The summed E-state index contributed by atoms with van der Waals surface area (Å²) < 4.78 is 35.0. The highest BCUT2D eigenvalue weighted by Gasteiger charge is 2.41. The Kier molecular flexibility index (Phi) is 1.66. The molecule has 1 saturated heterocycles. The van der Waals surface area contributed by atoms with Crippen molar-refractivity contribution in [2.75, 3.05) is 6.54 Å². The number of hydrogen-bond acceptors (Lipinski definition) is 0. The molecule has 0 spiro atoms. The van der Waals surface area contributed by atoms with E-state index < -0.39 is 12.2 Å². The number of alkyl halides is 3. The third-order valence-corrected chi connectivity index (χ3v) is 1.36. The van der Waals surface area contributed by atoms with E-state index >= 15 is 0 Å². The van der Waals surface area contributed by atoms with Crippen molar-refractivity contribution in [3.8, 4) is 0 Å². The first-order chi connectivity index (χ1) is 4.11. The minimum Gasteiger partial charge on any atom is -0.229 e. The van der Waals surface area contributed by atoms with Crippen LogP contribution in [0.15, 0.2) is 0 Å². The maximum absolute atomic E-state index is 11.7. The summed E-state index contributed by atoms with van der Waals surface area (Å²) in [6.45, 7) is 0.379. The molecule has 0 unspecified atom stereocenters. The van der Waals surface area contributed by atoms with Crippen molar-refractivity contribution < 1.29 is 13.2 Å². The topological polar surface area (TPSA) is 14.1 Å². The average Bonchev–Trinajstić information content (AvgIpc) is 2.08. The molecular formula is C5H7F3N. The van der Waals surface area contributed by atoms with Crippen LogP contribution in [0.2, 0.25) is 0 Å². The third kappa shape index (κ3) is 1.58. The Morgan fingerprint density at radius 2 is 2.00 bits per heavy atom. The Labute approximate surface area is 51.2 Å². The van der Waals surface area contributed by atoms with Gasteiger partial charge in [0.25, 0.3) is 0 Å². The van der Waals surface area contributed by atoms with Crippen LogP contribution in [0.4, 0.5) is 13.2 Å². The van der Waals surface area contributed by atoms with Gasteiger partial charge in [-0.2, -0.15) is 13.2 Å². The van der Waals surface area contributed by atoms with Crippen LogP contribution in [0.5, 0.6) is 0 Å². The van der Waals surface area contributed by atoms with Crippen LogP contribution < -0.4 is 5.32 Å². The van der Waals surface area contributed by atoms with Gasteiger partial charge < -0.3 is 0 Å². The van der Waals surface area contributed by atoms with Crippen LogP contribution in [0.25, 0.3) is 0 Å². The molecule has 0 bridgehead atoms. The molecule has 53 valence electrons. The van der Waals surface area contributed by atoms with Crippen molar-refractivity contribution in [2.45, 2.75) is 25.1 Å². The molecule has 1 fully saturated rings. The van der Waals surface area contributed by atoms with E-state index in [9.17, 15) is 13.2 Å². The Bertz CT molecular complexity index is 92.9. The molecule has 0 aromatic carbocycles. The van der Waals surface area contributed by atoms with Gasteiger partial charge in [0.05, 0.1) is 0 Å². The first-order valence-electron chi connectivity index (χ1n) is 2.84. The molecule has 1 aliphatic rings. The molecule has 9 heavy (non-hydrogen) atoms. The molecule has 1 nitrogen and oxygen atoms in total. The maximum atomic E-state index is 11.7. The lowest BCUT2D eigenvalue weighted by Gasteiger charge is -2.11. The Morgan fingerprint density at radius 1 is 1.33 bits per heavy atom. The molecule has 4 heteroatoms. The van der Waals surface area contributed by atoms with Crippen molar-refractivity contribution >= 4 is 0 Å². The second-order valence-corrected chi connectivity index (χ2v) is 2.11. The van der Waals surface area contributed by atoms with Gasteiger partial charge in [0.15, 0.2) is 0 Å². The van der Waals surface area contributed by atoms with E-state index in [1.165, 1.54) is 0 Å². The third-order valence-electron chi connectivity index (χ3n) is 1.36. The van der Waals surface area contributed by atoms with Gasteiger partial charge in [-0.25, -0.2) is 5.32 Å². The monoisotopic (exact) mass is 138 g/mol. The molecule has 1 heterocycles. The lowest BCUT2D eigenvalue weighted by molar-refractivity contribution is -0.152. The highest BCUT2D eigenvalue weighted by Crippen LogP contribution is 2.26. The predicted molar refractivity (Wildman–Crippen MR) is 26.1 cm³/mol. The fourth-order valence-corrected chi connectivity index (χ4v) is 0.890. The van der Waals surface area contributed by atoms with Crippen molar-refractivity contribution in [3.05, 3.63) is 0 Å². The summed E-state index contributed by atoms with van der Waals surface area (Å²) in [5, 5.41) is 3.38. The average molecular weight is 138 g/mol. The van der Waals surface area contributed by atoms with Crippen molar-refractivity contribution in [1.82, 2.24) is 5.32 Å². The molecule has 0 N–H and O–H groups in total. The fraction of sp³-hybridized carbons (Fsp3) is 1.00. The number of halogens is 3. The smallest absolute Gasteiger partial charge is 0.229 e. The normalized spacial score (nSPS) is 29.0. The number of nitrogens with zero attached hydrogens (tertiary/aromatic N) is 1. The quantitative estimate of drug-likeness (QED) is 0.479. The van der Waals surface area contributed by atoms with E-state index in [2.05, 4.69) is 5.32 Å². The summed E-state index contributed by atoms with van der Waals surface area (Å²) in [4.78, 5) is 0. The van der Waals surface area contributed by atoms with E-state index in [4.69, 9.17) is 0 Å². The van der Waals surface area contributed by atoms with Crippen LogP contribution in [0.3, 0.4) is 0 Å². The molecule has 0 aromatic heterocycles. The molecule has 0 saturated carbocycles. The van der Waals surface area contributed by atoms with Gasteiger partial charge in [-0.3, -0.25) is 0 Å². The molecular weight excluding hydrogens is 131 g/mol. The first kappa shape index (κ1) is 6.86. The molecule has 0 aromatic rings. The highest BCUT2D eigenvalue weighted by molar-refractivity contribution is 4.79. The molecule has 0 amide bonds. The first-order valence-corrected chi connectivity index (χ1v) is 2.84. The maximum Gasteiger partial charge on any atom is 0.405 e. The van der Waals surface area contributed by atoms with Gasteiger partial charge in [-0.15, -0.1) is 0 Å². The Balaban J connectivity index is 2.42. The summed E-state index contributed by atoms with van der Waals surface area (Å²) in [6, 6.07) is -1.36. The van der Waals surface area contributed by atoms with Crippen molar-refractivity contribution in [3.63, 3.8) is 0 Å². The van der Waals surface area contributed by atoms with E-state index in [1.807, 2.05) is 0 Å². The van der Waals surface area contributed by atoms with Crippen LogP contribution in [0, 0.1) is 0 Å². The van der Waals surface area contributed by atoms with E-state index in [-0.39, 0.29) is 6.42 Å². The predicted octanol–water partition coefficient (Wildman–Crippen LogP) is 1.32. The summed E-state index contributed by atoms with van der Waals surface area (Å²) in [5.41, 5.74) is 0. The summed E-state index contributed by atoms with van der Waals surface area (Å²) in [5.74, 6) is 0. The van der Waals surface area contributed by atoms with Gasteiger partial charge in [0.2, 0.25) is 0 Å². The van der Waals surface area contributed by atoms with Gasteiger partial charge >= 0.3 is 6.18 Å². The van der Waals surface area contributed by atoms with Crippen LogP contribution in [-0.2, 0) is 0 Å². The van der Waals surface area contributed by atoms with E-state index in [0.717, 1.165) is 0 Å². The lowest BCUT2D eigenvalue weighted by Crippen LogP contribution is -2.32. The number of hydrogen-bond donors (Lipinski definition) is 0. The fourth-order valence-electron chi connectivity index (χ4n) is 0.890. The minimum absolute atomic E-state index is 0.184. The largest absolute Gasteiger partial charge is 0.405 e. The van der Waals surface area contributed by atoms with Crippen molar-refractivity contribution in [2.24, 2.45) is 0 Å². The second kappa shape index (κ2) is 2.17. The standard InChI is InChI=1S/C5H7F3N/c6-5(7,8)4-2-1-3-9-4/h4H,1-3H2/t4-/m0/s1. The lowest BCUT2D eigenvalue weighted by atomic mass is 10.2. The van der Waals surface area contributed by atoms with Gasteiger partial charge in [-0.05, 0) is 12.8 Å². The van der Waals surface area contributed by atoms with Gasteiger partial charge in [-0.1, -0.05) is 0 Å². The Hall–Kier alpha value is -0.250. The summed E-state index contributed by atoms with van der Waals surface area (Å²) >= 11 is 0. The van der Waals surface area contributed by atoms with Crippen LogP contribution >= 0.6 is 0 Å². The summed E-state index contributed by atoms with van der Waals surface area (Å²) in [6.07, 6.45) is -3.32. The SMILES string of the molecule is FC(F)(F)[C@@H]1CCC[N]1. The van der Waals surface area contributed by atoms with E-state index in [0.29, 0.717) is 13.0 Å².